The number of phenols is 1. The number of hydrogen-bond acceptors (Lipinski definition) is 4. The number of hydrogen-bond donors (Lipinski definition) is 1. The molecule has 4 nitrogen and oxygen atoms in total. The first-order chi connectivity index (χ1) is 14.7. The summed E-state index contributed by atoms with van der Waals surface area (Å²) in [6.07, 6.45) is 0. The Hall–Kier alpha value is -3.92. The molecule has 0 amide bonds. The second-order valence-corrected chi connectivity index (χ2v) is 8.03. The lowest BCUT2D eigenvalue weighted by atomic mass is 9.74. The second-order valence-electron chi connectivity index (χ2n) is 8.03. The fourth-order valence-corrected chi connectivity index (χ4v) is 5.33. The van der Waals surface area contributed by atoms with E-state index in [1.54, 1.807) is 12.1 Å². The maximum Gasteiger partial charge on any atom is 0.133 e. The molecule has 0 saturated heterocycles. The molecule has 1 atom stereocenters. The minimum Gasteiger partial charge on any atom is -0.508 e. The molecule has 3 aliphatic heterocycles. The largest absolute Gasteiger partial charge is 0.508 e. The van der Waals surface area contributed by atoms with Gasteiger partial charge < -0.3 is 19.6 Å². The van der Waals surface area contributed by atoms with Crippen LogP contribution in [0.1, 0.15) is 22.6 Å². The summed E-state index contributed by atoms with van der Waals surface area (Å²) in [5.74, 6) is 2.26. The van der Waals surface area contributed by atoms with Crippen LogP contribution in [0.15, 0.2) is 78.9 Å². The van der Waals surface area contributed by atoms with Crippen molar-refractivity contribution in [3.8, 4) is 17.2 Å². The number of aromatic hydroxyl groups is 1. The van der Waals surface area contributed by atoms with E-state index >= 15 is 0 Å². The minimum absolute atomic E-state index is 0.145. The van der Waals surface area contributed by atoms with Crippen LogP contribution < -0.4 is 14.5 Å². The summed E-state index contributed by atoms with van der Waals surface area (Å²) in [4.78, 5) is 4.55. The molecular formula is C26H18N2O2. The number of anilines is 5. The Labute approximate surface area is 174 Å². The third-order valence-electron chi connectivity index (χ3n) is 6.54. The van der Waals surface area contributed by atoms with Gasteiger partial charge in [0.25, 0.3) is 0 Å². The van der Waals surface area contributed by atoms with Gasteiger partial charge in [0.2, 0.25) is 0 Å². The predicted octanol–water partition coefficient (Wildman–Crippen LogP) is 6.54. The van der Waals surface area contributed by atoms with E-state index in [9.17, 15) is 5.11 Å². The normalized spacial score (nSPS) is 16.8. The van der Waals surface area contributed by atoms with E-state index in [1.807, 2.05) is 12.1 Å². The van der Waals surface area contributed by atoms with Crippen LogP contribution in [0.3, 0.4) is 0 Å². The van der Waals surface area contributed by atoms with Crippen molar-refractivity contribution in [3.63, 3.8) is 0 Å². The van der Waals surface area contributed by atoms with Gasteiger partial charge in [0.1, 0.15) is 17.2 Å². The summed E-state index contributed by atoms with van der Waals surface area (Å²) in [5.41, 5.74) is 9.47. The average Bonchev–Trinajstić information content (AvgIpc) is 2.78. The van der Waals surface area contributed by atoms with Gasteiger partial charge in [-0.2, -0.15) is 0 Å². The Morgan fingerprint density at radius 1 is 0.667 bits per heavy atom. The topological polar surface area (TPSA) is 35.9 Å². The zero-order valence-corrected chi connectivity index (χ0v) is 16.3. The molecule has 0 fully saturated rings. The van der Waals surface area contributed by atoms with Crippen LogP contribution in [-0.2, 0) is 0 Å². The van der Waals surface area contributed by atoms with Crippen LogP contribution in [0.4, 0.5) is 28.4 Å². The number of rotatable bonds is 1. The van der Waals surface area contributed by atoms with E-state index in [-0.39, 0.29) is 11.7 Å². The first-order valence-electron chi connectivity index (χ1n) is 10.1. The molecule has 144 valence electrons. The predicted molar refractivity (Wildman–Crippen MR) is 118 cm³/mol. The molecular weight excluding hydrogens is 372 g/mol. The molecule has 0 bridgehead atoms. The molecule has 0 aliphatic carbocycles. The third-order valence-corrected chi connectivity index (χ3v) is 6.54. The third kappa shape index (κ3) is 1.81. The molecule has 3 aliphatic rings. The monoisotopic (exact) mass is 390 g/mol. The van der Waals surface area contributed by atoms with Crippen LogP contribution in [0.2, 0.25) is 0 Å². The van der Waals surface area contributed by atoms with Crippen molar-refractivity contribution in [2.45, 2.75) is 5.92 Å². The lowest BCUT2D eigenvalue weighted by Gasteiger charge is -2.46. The zero-order chi connectivity index (χ0) is 20.0. The smallest absolute Gasteiger partial charge is 0.133 e. The first-order valence-corrected chi connectivity index (χ1v) is 10.1. The van der Waals surface area contributed by atoms with Gasteiger partial charge in [0.15, 0.2) is 0 Å². The fourth-order valence-electron chi connectivity index (χ4n) is 5.33. The molecule has 0 radical (unpaired) electrons. The van der Waals surface area contributed by atoms with Crippen molar-refractivity contribution in [1.82, 2.24) is 0 Å². The lowest BCUT2D eigenvalue weighted by Crippen LogP contribution is -2.31. The van der Waals surface area contributed by atoms with Crippen LogP contribution in [0.5, 0.6) is 17.2 Å². The van der Waals surface area contributed by atoms with Gasteiger partial charge in [-0.15, -0.1) is 0 Å². The maximum absolute atomic E-state index is 9.83. The Morgan fingerprint density at radius 3 is 1.90 bits per heavy atom. The second kappa shape index (κ2) is 5.36. The molecule has 0 spiro atoms. The van der Waals surface area contributed by atoms with E-state index in [1.165, 1.54) is 33.8 Å². The van der Waals surface area contributed by atoms with Crippen LogP contribution in [0, 0.1) is 0 Å². The Kier molecular flexibility index (Phi) is 2.85. The highest BCUT2D eigenvalue weighted by atomic mass is 16.5. The summed E-state index contributed by atoms with van der Waals surface area (Å²) < 4.78 is 6.41. The summed E-state index contributed by atoms with van der Waals surface area (Å²) in [7, 11) is 2.13. The van der Waals surface area contributed by atoms with Crippen LogP contribution >= 0.6 is 0 Å². The average molecular weight is 390 g/mol. The number of benzene rings is 4. The molecule has 4 heteroatoms. The molecule has 1 unspecified atom stereocenters. The van der Waals surface area contributed by atoms with Crippen molar-refractivity contribution in [2.75, 3.05) is 16.8 Å². The fraction of sp³-hybridized carbons (Fsp3) is 0.0769. The quantitative estimate of drug-likeness (QED) is 0.346. The lowest BCUT2D eigenvalue weighted by molar-refractivity contribution is 0.451. The molecule has 4 aromatic carbocycles. The molecule has 1 N–H and O–H groups in total. The molecule has 0 aromatic heterocycles. The van der Waals surface area contributed by atoms with E-state index in [0.717, 1.165) is 22.9 Å². The SMILES string of the molecule is CN1c2cccc3c2C2c4c(cccc4N(c4ccc(O)cc4)c4cccc1c42)O3. The van der Waals surface area contributed by atoms with Crippen molar-refractivity contribution < 1.29 is 9.84 Å². The highest BCUT2D eigenvalue weighted by molar-refractivity contribution is 5.95. The number of nitrogens with zero attached hydrogens (tertiary/aromatic N) is 2. The van der Waals surface area contributed by atoms with Crippen LogP contribution in [-0.4, -0.2) is 12.2 Å². The Bertz CT molecular complexity index is 1360. The van der Waals surface area contributed by atoms with Gasteiger partial charge >= 0.3 is 0 Å². The maximum atomic E-state index is 9.83. The molecule has 3 heterocycles. The van der Waals surface area contributed by atoms with Gasteiger partial charge in [0, 0.05) is 46.7 Å². The highest BCUT2D eigenvalue weighted by Gasteiger charge is 2.44. The number of phenolic OH excluding ortho intramolecular Hbond substituents is 1. The number of ether oxygens (including phenoxy) is 1. The van der Waals surface area contributed by atoms with Crippen LogP contribution in [0.25, 0.3) is 0 Å². The van der Waals surface area contributed by atoms with Crippen molar-refractivity contribution in [1.29, 1.82) is 0 Å². The van der Waals surface area contributed by atoms with E-state index in [2.05, 4.69) is 71.4 Å². The highest BCUT2D eigenvalue weighted by Crippen LogP contribution is 2.64. The Balaban J connectivity index is 1.61. The van der Waals surface area contributed by atoms with E-state index in [0.29, 0.717) is 0 Å². The summed E-state index contributed by atoms with van der Waals surface area (Å²) in [6.45, 7) is 0. The van der Waals surface area contributed by atoms with Gasteiger partial charge in [-0.25, -0.2) is 0 Å². The molecule has 0 saturated carbocycles. The Morgan fingerprint density at radius 2 is 1.20 bits per heavy atom. The molecule has 4 aromatic rings. The minimum atomic E-state index is 0.145. The van der Waals surface area contributed by atoms with E-state index in [4.69, 9.17) is 4.74 Å². The standard InChI is InChI=1S/C26H18N2O2/c1-27-17-5-2-7-19-23(17)26-24-18(27)6-3-9-21(24)30-22-10-4-8-20(25(22)26)28(19)15-11-13-16(29)14-12-15/h2-14,26,29H,1H3. The molecule has 7 rings (SSSR count). The molecule has 30 heavy (non-hydrogen) atoms. The summed E-state index contributed by atoms with van der Waals surface area (Å²) in [5, 5.41) is 9.83. The van der Waals surface area contributed by atoms with Crippen molar-refractivity contribution in [2.24, 2.45) is 0 Å². The van der Waals surface area contributed by atoms with Gasteiger partial charge in [0.05, 0.1) is 11.4 Å². The summed E-state index contributed by atoms with van der Waals surface area (Å²) >= 11 is 0. The van der Waals surface area contributed by atoms with Gasteiger partial charge in [-0.1, -0.05) is 18.2 Å². The van der Waals surface area contributed by atoms with E-state index < -0.39 is 0 Å². The van der Waals surface area contributed by atoms with Gasteiger partial charge in [-0.3, -0.25) is 0 Å². The first kappa shape index (κ1) is 15.9. The van der Waals surface area contributed by atoms with Crippen molar-refractivity contribution in [3.05, 3.63) is 95.6 Å². The van der Waals surface area contributed by atoms with Crippen molar-refractivity contribution >= 4 is 28.4 Å². The van der Waals surface area contributed by atoms with Gasteiger partial charge in [-0.05, 0) is 60.7 Å². The zero-order valence-electron chi connectivity index (χ0n) is 16.3. The summed E-state index contributed by atoms with van der Waals surface area (Å²) in [6, 6.07) is 26.5.